The van der Waals surface area contributed by atoms with E-state index in [9.17, 15) is 13.8 Å². The van der Waals surface area contributed by atoms with E-state index in [4.69, 9.17) is 4.74 Å². The number of aromatic nitrogens is 2. The van der Waals surface area contributed by atoms with Gasteiger partial charge >= 0.3 is 5.69 Å². The van der Waals surface area contributed by atoms with E-state index < -0.39 is 22.0 Å². The maximum Gasteiger partial charge on any atom is 0.330 e. The third kappa shape index (κ3) is 4.01. The summed E-state index contributed by atoms with van der Waals surface area (Å²) in [5.41, 5.74) is -0.974. The van der Waals surface area contributed by atoms with Gasteiger partial charge in [-0.1, -0.05) is 18.2 Å². The fourth-order valence-corrected chi connectivity index (χ4v) is 2.50. The first kappa shape index (κ1) is 14.4. The largest absolute Gasteiger partial charge is 0.360 e. The average Bonchev–Trinajstić information content (AvgIpc) is 2.46. The van der Waals surface area contributed by atoms with Crippen molar-refractivity contribution in [3.63, 3.8) is 0 Å². The second kappa shape index (κ2) is 6.97. The fraction of sp³-hybridized carbons (Fsp3) is 0.231. The Balaban J connectivity index is 1.81. The van der Waals surface area contributed by atoms with Crippen LogP contribution in [0.4, 0.5) is 0 Å². The predicted molar refractivity (Wildman–Crippen MR) is 75.0 cm³/mol. The van der Waals surface area contributed by atoms with Crippen LogP contribution in [-0.4, -0.2) is 26.1 Å². The molecular formula is C13H14N2O4S. The Morgan fingerprint density at radius 2 is 1.90 bits per heavy atom. The Hall–Kier alpha value is -1.99. The van der Waals surface area contributed by atoms with Crippen LogP contribution in [0.15, 0.2) is 57.1 Å². The molecule has 106 valence electrons. The maximum absolute atomic E-state index is 11.9. The molecule has 0 bridgehead atoms. The molecule has 1 heterocycles. The summed E-state index contributed by atoms with van der Waals surface area (Å²) in [4.78, 5) is 25.1. The van der Waals surface area contributed by atoms with Crippen molar-refractivity contribution in [3.05, 3.63) is 63.4 Å². The number of H-pyrrole nitrogens is 1. The van der Waals surface area contributed by atoms with Crippen molar-refractivity contribution in [1.29, 1.82) is 0 Å². The molecule has 1 atom stereocenters. The number of nitrogens with one attached hydrogen (secondary N) is 1. The first-order valence-corrected chi connectivity index (χ1v) is 7.29. The molecule has 7 heteroatoms. The Kier molecular flexibility index (Phi) is 5.03. The minimum absolute atomic E-state index is 0.0155. The second-order valence-corrected chi connectivity index (χ2v) is 5.55. The molecule has 1 aromatic carbocycles. The van der Waals surface area contributed by atoms with E-state index >= 15 is 0 Å². The number of nitrogens with zero attached hydrogens (tertiary/aromatic N) is 1. The molecule has 0 saturated heterocycles. The van der Waals surface area contributed by atoms with Gasteiger partial charge < -0.3 is 4.74 Å². The predicted octanol–water partition coefficient (Wildman–Crippen LogP) is 0.319. The Morgan fingerprint density at radius 3 is 2.60 bits per heavy atom. The summed E-state index contributed by atoms with van der Waals surface area (Å²) in [6.45, 7) is 0.272. The van der Waals surface area contributed by atoms with Crippen molar-refractivity contribution < 1.29 is 8.95 Å². The van der Waals surface area contributed by atoms with Gasteiger partial charge in [-0.05, 0) is 12.1 Å². The van der Waals surface area contributed by atoms with Gasteiger partial charge in [-0.15, -0.1) is 0 Å². The summed E-state index contributed by atoms with van der Waals surface area (Å²) >= 11 is 0. The van der Waals surface area contributed by atoms with E-state index in [2.05, 4.69) is 4.98 Å². The third-order valence-corrected chi connectivity index (χ3v) is 3.88. The van der Waals surface area contributed by atoms with E-state index in [1.54, 1.807) is 12.1 Å². The van der Waals surface area contributed by atoms with E-state index in [-0.39, 0.29) is 13.3 Å². The van der Waals surface area contributed by atoms with Crippen LogP contribution >= 0.6 is 0 Å². The number of hydrogen-bond donors (Lipinski definition) is 1. The molecular weight excluding hydrogens is 280 g/mol. The SMILES string of the molecule is O=c1ccn(COCCS(=O)c2ccccc2)c(=O)[nH]1. The normalized spacial score (nSPS) is 12.2. The van der Waals surface area contributed by atoms with Crippen LogP contribution < -0.4 is 11.2 Å². The molecule has 6 nitrogen and oxygen atoms in total. The summed E-state index contributed by atoms with van der Waals surface area (Å²) in [7, 11) is -1.12. The van der Waals surface area contributed by atoms with E-state index in [0.717, 1.165) is 4.90 Å². The van der Waals surface area contributed by atoms with Gasteiger partial charge in [0.15, 0.2) is 0 Å². The van der Waals surface area contributed by atoms with Gasteiger partial charge in [-0.2, -0.15) is 0 Å². The van der Waals surface area contributed by atoms with Crippen LogP contribution in [0.1, 0.15) is 0 Å². The molecule has 0 aliphatic heterocycles. The second-order valence-electron chi connectivity index (χ2n) is 3.98. The topological polar surface area (TPSA) is 81.2 Å². The minimum atomic E-state index is -1.12. The molecule has 1 aromatic heterocycles. The Morgan fingerprint density at radius 1 is 1.15 bits per heavy atom. The number of ether oxygens (including phenoxy) is 1. The van der Waals surface area contributed by atoms with Gasteiger partial charge in [0.1, 0.15) is 6.73 Å². The number of aromatic amines is 1. The highest BCUT2D eigenvalue weighted by atomic mass is 32.2. The molecule has 1 unspecified atom stereocenters. The smallest absolute Gasteiger partial charge is 0.330 e. The fourth-order valence-electron chi connectivity index (χ4n) is 1.53. The summed E-state index contributed by atoms with van der Waals surface area (Å²) in [5.74, 6) is 0.349. The lowest BCUT2D eigenvalue weighted by molar-refractivity contribution is 0.0859. The molecule has 0 aliphatic carbocycles. The van der Waals surface area contributed by atoms with Crippen LogP contribution in [0.25, 0.3) is 0 Å². The molecule has 0 amide bonds. The van der Waals surface area contributed by atoms with Crippen molar-refractivity contribution in [2.24, 2.45) is 0 Å². The first-order chi connectivity index (χ1) is 9.66. The zero-order valence-corrected chi connectivity index (χ0v) is 11.5. The maximum atomic E-state index is 11.9. The highest BCUT2D eigenvalue weighted by Gasteiger charge is 2.03. The van der Waals surface area contributed by atoms with Crippen molar-refractivity contribution >= 4 is 10.8 Å². The van der Waals surface area contributed by atoms with E-state index in [1.807, 2.05) is 18.2 Å². The zero-order valence-electron chi connectivity index (χ0n) is 10.7. The number of rotatable bonds is 6. The summed E-state index contributed by atoms with van der Waals surface area (Å²) in [6.07, 6.45) is 1.36. The highest BCUT2D eigenvalue weighted by molar-refractivity contribution is 7.85. The zero-order chi connectivity index (χ0) is 14.4. The first-order valence-electron chi connectivity index (χ1n) is 5.98. The monoisotopic (exact) mass is 294 g/mol. The van der Waals surface area contributed by atoms with Crippen molar-refractivity contribution in [1.82, 2.24) is 9.55 Å². The lowest BCUT2D eigenvalue weighted by Gasteiger charge is -2.06. The molecule has 0 aliphatic rings. The number of benzene rings is 1. The van der Waals surface area contributed by atoms with E-state index in [0.29, 0.717) is 5.75 Å². The molecule has 2 aromatic rings. The molecule has 20 heavy (non-hydrogen) atoms. The van der Waals surface area contributed by atoms with Gasteiger partial charge in [0.2, 0.25) is 0 Å². The Bertz CT molecular complexity index is 693. The molecule has 0 spiro atoms. The molecule has 2 rings (SSSR count). The average molecular weight is 294 g/mol. The Labute approximate surface area is 117 Å². The molecule has 0 fully saturated rings. The van der Waals surface area contributed by atoms with Gasteiger partial charge in [-0.3, -0.25) is 18.6 Å². The van der Waals surface area contributed by atoms with Gasteiger partial charge in [-0.25, -0.2) is 4.79 Å². The summed E-state index contributed by atoms with van der Waals surface area (Å²) in [6, 6.07) is 10.3. The van der Waals surface area contributed by atoms with Gasteiger partial charge in [0.25, 0.3) is 5.56 Å². The third-order valence-electron chi connectivity index (χ3n) is 2.55. The van der Waals surface area contributed by atoms with Crippen LogP contribution in [0.3, 0.4) is 0 Å². The molecule has 0 saturated carbocycles. The summed E-state index contributed by atoms with van der Waals surface area (Å²) < 4.78 is 18.4. The van der Waals surface area contributed by atoms with E-state index in [1.165, 1.54) is 16.8 Å². The van der Waals surface area contributed by atoms with Gasteiger partial charge in [0.05, 0.1) is 23.2 Å². The van der Waals surface area contributed by atoms with Crippen LogP contribution in [0, 0.1) is 0 Å². The highest BCUT2D eigenvalue weighted by Crippen LogP contribution is 2.05. The van der Waals surface area contributed by atoms with Crippen molar-refractivity contribution in [3.8, 4) is 0 Å². The van der Waals surface area contributed by atoms with Crippen LogP contribution in [-0.2, 0) is 22.3 Å². The van der Waals surface area contributed by atoms with Gasteiger partial charge in [0, 0.05) is 17.2 Å². The summed E-state index contributed by atoms with van der Waals surface area (Å²) in [5, 5.41) is 0. The quantitative estimate of drug-likeness (QED) is 0.778. The van der Waals surface area contributed by atoms with Crippen LogP contribution in [0.2, 0.25) is 0 Å². The minimum Gasteiger partial charge on any atom is -0.360 e. The lowest BCUT2D eigenvalue weighted by atomic mass is 10.4. The molecule has 1 N–H and O–H groups in total. The van der Waals surface area contributed by atoms with Crippen molar-refractivity contribution in [2.45, 2.75) is 11.6 Å². The lowest BCUT2D eigenvalue weighted by Crippen LogP contribution is -2.29. The molecule has 0 radical (unpaired) electrons. The number of hydrogen-bond acceptors (Lipinski definition) is 4. The standard InChI is InChI=1S/C13H14N2O4S/c16-12-6-7-15(13(17)14-12)10-19-8-9-20(18)11-4-2-1-3-5-11/h1-7H,8-10H2,(H,14,16,17). The van der Waals surface area contributed by atoms with Crippen molar-refractivity contribution in [2.75, 3.05) is 12.4 Å². The van der Waals surface area contributed by atoms with Crippen LogP contribution in [0.5, 0.6) is 0 Å².